The molecule has 0 aliphatic carbocycles. The number of carboxylic acid groups (broad SMARTS) is 1. The first-order valence-electron chi connectivity index (χ1n) is 4.19. The van der Waals surface area contributed by atoms with E-state index in [0.717, 1.165) is 12.8 Å². The van der Waals surface area contributed by atoms with E-state index in [4.69, 9.17) is 5.11 Å². The summed E-state index contributed by atoms with van der Waals surface area (Å²) in [6.45, 7) is 0.689. The summed E-state index contributed by atoms with van der Waals surface area (Å²) in [4.78, 5) is 21.5. The third-order valence-electron chi connectivity index (χ3n) is 2.07. The van der Waals surface area contributed by atoms with Crippen LogP contribution in [0.25, 0.3) is 0 Å². The molecule has 0 radical (unpaired) electrons. The third-order valence-corrected chi connectivity index (χ3v) is 2.07. The first-order chi connectivity index (χ1) is 5.70. The minimum absolute atomic E-state index is 0.0359. The highest BCUT2D eigenvalue weighted by Crippen LogP contribution is 2.15. The van der Waals surface area contributed by atoms with Crippen LogP contribution in [-0.4, -0.2) is 23.5 Å². The molecule has 0 aromatic rings. The molecule has 1 unspecified atom stereocenters. The fraction of sp³-hybridized carbons (Fsp3) is 0.750. The number of carboxylic acids is 1. The van der Waals surface area contributed by atoms with E-state index in [1.807, 2.05) is 0 Å². The lowest BCUT2D eigenvalue weighted by Gasteiger charge is -2.08. The highest BCUT2D eigenvalue weighted by Gasteiger charge is 2.22. The Hall–Kier alpha value is -1.06. The summed E-state index contributed by atoms with van der Waals surface area (Å²) in [6.07, 6.45) is 2.57. The molecule has 1 rings (SSSR count). The van der Waals surface area contributed by atoms with Crippen molar-refractivity contribution in [3.05, 3.63) is 0 Å². The van der Waals surface area contributed by atoms with Gasteiger partial charge in [0.25, 0.3) is 0 Å². The van der Waals surface area contributed by atoms with Crippen molar-refractivity contribution in [3.8, 4) is 0 Å². The summed E-state index contributed by atoms with van der Waals surface area (Å²) >= 11 is 0. The van der Waals surface area contributed by atoms with E-state index in [0.29, 0.717) is 13.0 Å². The zero-order valence-corrected chi connectivity index (χ0v) is 6.88. The average Bonchev–Trinajstić information content (AvgIpc) is 2.16. The lowest BCUT2D eigenvalue weighted by molar-refractivity contribution is -0.141. The summed E-state index contributed by atoms with van der Waals surface area (Å²) in [7, 11) is 0. The van der Waals surface area contributed by atoms with E-state index in [1.165, 1.54) is 0 Å². The van der Waals surface area contributed by atoms with Gasteiger partial charge in [-0.2, -0.15) is 0 Å². The van der Waals surface area contributed by atoms with Gasteiger partial charge in [-0.15, -0.1) is 0 Å². The van der Waals surface area contributed by atoms with Crippen molar-refractivity contribution in [1.29, 1.82) is 0 Å². The Morgan fingerprint density at radius 3 is 3.00 bits per heavy atom. The lowest BCUT2D eigenvalue weighted by atomic mass is 9.99. The molecule has 1 atom stereocenters. The van der Waals surface area contributed by atoms with E-state index in [1.54, 1.807) is 0 Å². The molecule has 1 aliphatic rings. The van der Waals surface area contributed by atoms with Gasteiger partial charge < -0.3 is 10.4 Å². The smallest absolute Gasteiger partial charge is 0.304 e. The number of carbonyl (C=O) groups is 2. The standard InChI is InChI=1S/C8H13NO3/c10-7(11)5-6-3-1-2-4-9-8(6)12/h6H,1-5H2,(H,9,12)(H,10,11). The van der Waals surface area contributed by atoms with Gasteiger partial charge in [-0.25, -0.2) is 0 Å². The molecule has 0 bridgehead atoms. The van der Waals surface area contributed by atoms with E-state index in [9.17, 15) is 9.59 Å². The van der Waals surface area contributed by atoms with Crippen LogP contribution in [0.15, 0.2) is 0 Å². The van der Waals surface area contributed by atoms with Crippen molar-refractivity contribution in [2.75, 3.05) is 6.54 Å². The number of hydrogen-bond acceptors (Lipinski definition) is 2. The zero-order valence-electron chi connectivity index (χ0n) is 6.88. The Bertz CT molecular complexity index is 191. The second kappa shape index (κ2) is 4.09. The van der Waals surface area contributed by atoms with Crippen molar-refractivity contribution >= 4 is 11.9 Å². The molecule has 12 heavy (non-hydrogen) atoms. The van der Waals surface area contributed by atoms with Crippen LogP contribution in [0.3, 0.4) is 0 Å². The van der Waals surface area contributed by atoms with Gasteiger partial charge in [0, 0.05) is 12.5 Å². The van der Waals surface area contributed by atoms with Gasteiger partial charge in [0.2, 0.25) is 5.91 Å². The summed E-state index contributed by atoms with van der Waals surface area (Å²) in [5, 5.41) is 11.2. The number of rotatable bonds is 2. The molecule has 1 heterocycles. The van der Waals surface area contributed by atoms with Gasteiger partial charge in [-0.05, 0) is 12.8 Å². The Kier molecular flexibility index (Phi) is 3.08. The summed E-state index contributed by atoms with van der Waals surface area (Å²) in [6, 6.07) is 0. The van der Waals surface area contributed by atoms with Crippen molar-refractivity contribution in [2.24, 2.45) is 5.92 Å². The van der Waals surface area contributed by atoms with Gasteiger partial charge >= 0.3 is 5.97 Å². The zero-order chi connectivity index (χ0) is 8.97. The largest absolute Gasteiger partial charge is 0.481 e. The normalized spacial score (nSPS) is 24.3. The maximum Gasteiger partial charge on any atom is 0.304 e. The molecule has 4 nitrogen and oxygen atoms in total. The molecule has 0 aromatic carbocycles. The van der Waals surface area contributed by atoms with E-state index in [-0.39, 0.29) is 18.2 Å². The van der Waals surface area contributed by atoms with Gasteiger partial charge in [-0.3, -0.25) is 9.59 Å². The quantitative estimate of drug-likeness (QED) is 0.631. The van der Waals surface area contributed by atoms with Crippen LogP contribution in [0.5, 0.6) is 0 Å². The first-order valence-corrected chi connectivity index (χ1v) is 4.19. The van der Waals surface area contributed by atoms with E-state index >= 15 is 0 Å². The van der Waals surface area contributed by atoms with Gasteiger partial charge in [0.15, 0.2) is 0 Å². The average molecular weight is 171 g/mol. The molecular weight excluding hydrogens is 158 g/mol. The SMILES string of the molecule is O=C(O)CC1CCCCNC1=O. The van der Waals surface area contributed by atoms with Crippen LogP contribution < -0.4 is 5.32 Å². The molecule has 1 saturated heterocycles. The molecule has 1 aliphatic heterocycles. The number of aliphatic carboxylic acids is 1. The number of carbonyl (C=O) groups excluding carboxylic acids is 1. The predicted octanol–water partition coefficient (Wildman–Crippen LogP) is 0.377. The Morgan fingerprint density at radius 2 is 2.33 bits per heavy atom. The second-order valence-electron chi connectivity index (χ2n) is 3.08. The number of amides is 1. The van der Waals surface area contributed by atoms with Crippen molar-refractivity contribution in [3.63, 3.8) is 0 Å². The van der Waals surface area contributed by atoms with Crippen molar-refractivity contribution < 1.29 is 14.7 Å². The van der Waals surface area contributed by atoms with Crippen LogP contribution in [0, 0.1) is 5.92 Å². The highest BCUT2D eigenvalue weighted by atomic mass is 16.4. The predicted molar refractivity (Wildman–Crippen MR) is 42.6 cm³/mol. The molecule has 0 spiro atoms. The molecular formula is C8H13NO3. The molecule has 0 saturated carbocycles. The Balaban J connectivity index is 2.47. The highest BCUT2D eigenvalue weighted by molar-refractivity contribution is 5.83. The van der Waals surface area contributed by atoms with E-state index < -0.39 is 5.97 Å². The Labute approximate surface area is 71.0 Å². The molecule has 1 amide bonds. The van der Waals surface area contributed by atoms with Gasteiger partial charge in [-0.1, -0.05) is 6.42 Å². The first kappa shape index (κ1) is 9.03. The summed E-state index contributed by atoms with van der Waals surface area (Å²) < 4.78 is 0. The molecule has 68 valence electrons. The fourth-order valence-electron chi connectivity index (χ4n) is 1.41. The van der Waals surface area contributed by atoms with Crippen LogP contribution in [0.4, 0.5) is 0 Å². The Morgan fingerprint density at radius 1 is 1.58 bits per heavy atom. The van der Waals surface area contributed by atoms with Crippen LogP contribution >= 0.6 is 0 Å². The third kappa shape index (κ3) is 2.53. The number of nitrogens with one attached hydrogen (secondary N) is 1. The topological polar surface area (TPSA) is 66.4 Å². The van der Waals surface area contributed by atoms with Crippen LogP contribution in [0.2, 0.25) is 0 Å². The molecule has 1 fully saturated rings. The van der Waals surface area contributed by atoms with Gasteiger partial charge in [0.1, 0.15) is 0 Å². The summed E-state index contributed by atoms with van der Waals surface area (Å²) in [5.74, 6) is -1.31. The maximum absolute atomic E-state index is 11.2. The van der Waals surface area contributed by atoms with Crippen molar-refractivity contribution in [1.82, 2.24) is 5.32 Å². The minimum atomic E-state index is -0.892. The summed E-state index contributed by atoms with van der Waals surface area (Å²) in [5.41, 5.74) is 0. The maximum atomic E-state index is 11.2. The van der Waals surface area contributed by atoms with E-state index in [2.05, 4.69) is 5.32 Å². The monoisotopic (exact) mass is 171 g/mol. The lowest BCUT2D eigenvalue weighted by Crippen LogP contribution is -2.30. The van der Waals surface area contributed by atoms with Crippen LogP contribution in [0.1, 0.15) is 25.7 Å². The molecule has 2 N–H and O–H groups in total. The fourth-order valence-corrected chi connectivity index (χ4v) is 1.41. The minimum Gasteiger partial charge on any atom is -0.481 e. The van der Waals surface area contributed by atoms with Crippen molar-refractivity contribution in [2.45, 2.75) is 25.7 Å². The van der Waals surface area contributed by atoms with Crippen LogP contribution in [-0.2, 0) is 9.59 Å². The molecule has 0 aromatic heterocycles. The molecule has 4 heteroatoms. The second-order valence-corrected chi connectivity index (χ2v) is 3.08. The van der Waals surface area contributed by atoms with Gasteiger partial charge in [0.05, 0.1) is 6.42 Å². The number of hydrogen-bond donors (Lipinski definition) is 2.